The minimum absolute atomic E-state index is 0.532. The summed E-state index contributed by atoms with van der Waals surface area (Å²) in [5, 5.41) is 0. The molecular weight excluding hydrogens is 259 g/mol. The van der Waals surface area contributed by atoms with Gasteiger partial charge in [-0.3, -0.25) is 0 Å². The van der Waals surface area contributed by atoms with Crippen LogP contribution in [-0.4, -0.2) is 0 Å². The van der Waals surface area contributed by atoms with E-state index in [0.29, 0.717) is 5.92 Å². The topological polar surface area (TPSA) is 0 Å². The van der Waals surface area contributed by atoms with Crippen LogP contribution >= 0.6 is 22.6 Å². The number of halogens is 1. The molecule has 64 valence electrons. The van der Waals surface area contributed by atoms with E-state index in [4.69, 9.17) is 0 Å². The van der Waals surface area contributed by atoms with Gasteiger partial charge in [0.15, 0.2) is 0 Å². The van der Waals surface area contributed by atoms with Crippen molar-refractivity contribution in [3.8, 4) is 0 Å². The zero-order chi connectivity index (χ0) is 9.14. The predicted octanol–water partition coefficient (Wildman–Crippen LogP) is 3.96. The first kappa shape index (κ1) is 9.78. The third-order valence-electron chi connectivity index (χ3n) is 1.91. The Morgan fingerprint density at radius 1 is 1.25 bits per heavy atom. The molecule has 0 aliphatic rings. The molecule has 0 unspecified atom stereocenters. The lowest BCUT2D eigenvalue weighted by Gasteiger charge is -2.08. The number of hydrogen-bond acceptors (Lipinski definition) is 0. The fraction of sp³-hybridized carbons (Fsp3) is 0.273. The number of allylic oxidation sites excluding steroid dienone is 1. The third kappa shape index (κ3) is 2.34. The molecule has 12 heavy (non-hydrogen) atoms. The Hall–Kier alpha value is -0.310. The largest absolute Gasteiger partial charge is 0.0950 e. The molecule has 0 bridgehead atoms. The number of hydrogen-bond donors (Lipinski definition) is 0. The standard InChI is InChI=1S/C11H13I/c1-8(2)9(3)10-4-6-11(12)7-5-10/h4-8H,3H2,1-2H3. The van der Waals surface area contributed by atoms with Crippen molar-refractivity contribution in [2.75, 3.05) is 0 Å². The number of benzene rings is 1. The molecular formula is C11H13I. The lowest BCUT2D eigenvalue weighted by molar-refractivity contribution is 0.858. The molecule has 0 aromatic heterocycles. The Labute approximate surface area is 87.8 Å². The van der Waals surface area contributed by atoms with Crippen LogP contribution in [0.1, 0.15) is 19.4 Å². The molecule has 0 spiro atoms. The highest BCUT2D eigenvalue weighted by atomic mass is 127. The summed E-state index contributed by atoms with van der Waals surface area (Å²) >= 11 is 2.31. The SMILES string of the molecule is C=C(c1ccc(I)cc1)C(C)C. The molecule has 0 aliphatic heterocycles. The zero-order valence-electron chi connectivity index (χ0n) is 7.47. The second-order valence-corrected chi connectivity index (χ2v) is 4.43. The second-order valence-electron chi connectivity index (χ2n) is 3.19. The first-order valence-electron chi connectivity index (χ1n) is 4.06. The van der Waals surface area contributed by atoms with E-state index in [-0.39, 0.29) is 0 Å². The van der Waals surface area contributed by atoms with Crippen LogP contribution in [-0.2, 0) is 0 Å². The molecule has 1 aromatic rings. The molecule has 0 atom stereocenters. The summed E-state index contributed by atoms with van der Waals surface area (Å²) in [6.07, 6.45) is 0. The molecule has 1 aromatic carbocycles. The third-order valence-corrected chi connectivity index (χ3v) is 2.63. The Kier molecular flexibility index (Phi) is 3.32. The van der Waals surface area contributed by atoms with E-state index < -0.39 is 0 Å². The van der Waals surface area contributed by atoms with Crippen molar-refractivity contribution in [2.45, 2.75) is 13.8 Å². The van der Waals surface area contributed by atoms with E-state index in [2.05, 4.69) is 67.3 Å². The maximum Gasteiger partial charge on any atom is 0.0130 e. The predicted molar refractivity (Wildman–Crippen MR) is 63.0 cm³/mol. The van der Waals surface area contributed by atoms with E-state index in [1.807, 2.05) is 0 Å². The molecule has 0 nitrogen and oxygen atoms in total. The van der Waals surface area contributed by atoms with Crippen LogP contribution in [0, 0.1) is 9.49 Å². The van der Waals surface area contributed by atoms with Crippen molar-refractivity contribution < 1.29 is 0 Å². The molecule has 0 amide bonds. The van der Waals surface area contributed by atoms with Crippen molar-refractivity contribution in [1.82, 2.24) is 0 Å². The van der Waals surface area contributed by atoms with Gasteiger partial charge in [0.25, 0.3) is 0 Å². The van der Waals surface area contributed by atoms with Gasteiger partial charge in [0.05, 0.1) is 0 Å². The van der Waals surface area contributed by atoms with Gasteiger partial charge in [-0.25, -0.2) is 0 Å². The monoisotopic (exact) mass is 272 g/mol. The van der Waals surface area contributed by atoms with Crippen LogP contribution in [0.3, 0.4) is 0 Å². The average molecular weight is 272 g/mol. The van der Waals surface area contributed by atoms with Crippen LogP contribution in [0.4, 0.5) is 0 Å². The lowest BCUT2D eigenvalue weighted by atomic mass is 9.97. The highest BCUT2D eigenvalue weighted by Gasteiger charge is 2.02. The fourth-order valence-corrected chi connectivity index (χ4v) is 1.36. The first-order chi connectivity index (χ1) is 5.61. The van der Waals surface area contributed by atoms with Crippen LogP contribution < -0.4 is 0 Å². The molecule has 0 N–H and O–H groups in total. The van der Waals surface area contributed by atoms with Gasteiger partial charge in [-0.1, -0.05) is 32.6 Å². The molecule has 0 radical (unpaired) electrons. The maximum atomic E-state index is 4.05. The smallest absolute Gasteiger partial charge is 0.0130 e. The zero-order valence-corrected chi connectivity index (χ0v) is 9.63. The molecule has 0 saturated heterocycles. The summed E-state index contributed by atoms with van der Waals surface area (Å²) in [5.41, 5.74) is 2.47. The summed E-state index contributed by atoms with van der Waals surface area (Å²) in [6.45, 7) is 8.39. The Bertz CT molecular complexity index is 270. The average Bonchev–Trinajstić information content (AvgIpc) is 2.04. The molecule has 0 fully saturated rings. The normalized spacial score (nSPS) is 10.3. The van der Waals surface area contributed by atoms with Gasteiger partial charge in [-0.05, 0) is 51.8 Å². The quantitative estimate of drug-likeness (QED) is 0.715. The Balaban J connectivity index is 2.90. The van der Waals surface area contributed by atoms with E-state index in [0.717, 1.165) is 0 Å². The van der Waals surface area contributed by atoms with Crippen molar-refractivity contribution >= 4 is 28.2 Å². The Morgan fingerprint density at radius 3 is 2.17 bits per heavy atom. The van der Waals surface area contributed by atoms with E-state index in [1.54, 1.807) is 0 Å². The molecule has 1 rings (SSSR count). The fourth-order valence-electron chi connectivity index (χ4n) is 0.997. The summed E-state index contributed by atoms with van der Waals surface area (Å²) in [4.78, 5) is 0. The van der Waals surface area contributed by atoms with Gasteiger partial charge in [-0.15, -0.1) is 0 Å². The van der Waals surface area contributed by atoms with Crippen LogP contribution in [0.15, 0.2) is 30.8 Å². The molecule has 0 aliphatic carbocycles. The van der Waals surface area contributed by atoms with Gasteiger partial charge in [0.2, 0.25) is 0 Å². The lowest BCUT2D eigenvalue weighted by Crippen LogP contribution is -1.91. The molecule has 0 heterocycles. The molecule has 1 heteroatoms. The highest BCUT2D eigenvalue weighted by molar-refractivity contribution is 14.1. The van der Waals surface area contributed by atoms with Crippen LogP contribution in [0.5, 0.6) is 0 Å². The number of rotatable bonds is 2. The minimum Gasteiger partial charge on any atom is -0.0950 e. The van der Waals surface area contributed by atoms with Crippen LogP contribution in [0.25, 0.3) is 5.57 Å². The summed E-state index contributed by atoms with van der Waals surface area (Å²) in [5.74, 6) is 0.532. The van der Waals surface area contributed by atoms with Gasteiger partial charge in [-0.2, -0.15) is 0 Å². The van der Waals surface area contributed by atoms with Gasteiger partial charge < -0.3 is 0 Å². The summed E-state index contributed by atoms with van der Waals surface area (Å²) in [7, 11) is 0. The van der Waals surface area contributed by atoms with Crippen molar-refractivity contribution in [1.29, 1.82) is 0 Å². The second kappa shape index (κ2) is 4.08. The van der Waals surface area contributed by atoms with Gasteiger partial charge in [0, 0.05) is 3.57 Å². The Morgan fingerprint density at radius 2 is 1.75 bits per heavy atom. The maximum absolute atomic E-state index is 4.05. The van der Waals surface area contributed by atoms with E-state index >= 15 is 0 Å². The van der Waals surface area contributed by atoms with Gasteiger partial charge in [0.1, 0.15) is 0 Å². The van der Waals surface area contributed by atoms with Crippen molar-refractivity contribution in [3.05, 3.63) is 40.0 Å². The van der Waals surface area contributed by atoms with E-state index in [1.165, 1.54) is 14.7 Å². The highest BCUT2D eigenvalue weighted by Crippen LogP contribution is 2.21. The molecule has 0 saturated carbocycles. The van der Waals surface area contributed by atoms with Gasteiger partial charge >= 0.3 is 0 Å². The van der Waals surface area contributed by atoms with E-state index in [9.17, 15) is 0 Å². The minimum atomic E-state index is 0.532. The summed E-state index contributed by atoms with van der Waals surface area (Å²) in [6, 6.07) is 8.49. The van der Waals surface area contributed by atoms with Crippen molar-refractivity contribution in [3.63, 3.8) is 0 Å². The van der Waals surface area contributed by atoms with Crippen molar-refractivity contribution in [2.24, 2.45) is 5.92 Å². The first-order valence-corrected chi connectivity index (χ1v) is 5.14. The van der Waals surface area contributed by atoms with Crippen LogP contribution in [0.2, 0.25) is 0 Å². The summed E-state index contributed by atoms with van der Waals surface area (Å²) < 4.78 is 1.27.